The van der Waals surface area contributed by atoms with Crippen LogP contribution in [0, 0.1) is 13.8 Å². The monoisotopic (exact) mass is 621 g/mol. The van der Waals surface area contributed by atoms with Crippen molar-refractivity contribution in [2.75, 3.05) is 32.8 Å². The topological polar surface area (TPSA) is 71.1 Å². The van der Waals surface area contributed by atoms with Gasteiger partial charge in [0.2, 0.25) is 6.41 Å². The quantitative estimate of drug-likeness (QED) is 0.208. The molecule has 0 unspecified atom stereocenters. The largest absolute Gasteiger partial charge is 0.490 e. The van der Waals surface area contributed by atoms with Gasteiger partial charge in [0.15, 0.2) is 0 Å². The summed E-state index contributed by atoms with van der Waals surface area (Å²) in [6, 6.07) is 19.1. The summed E-state index contributed by atoms with van der Waals surface area (Å²) in [5.41, 5.74) is 5.81. The summed E-state index contributed by atoms with van der Waals surface area (Å²) >= 11 is 12.8. The zero-order valence-electron chi connectivity index (χ0n) is 24.7. The normalized spacial score (nSPS) is 17.9. The molecule has 0 spiro atoms. The molecular formula is C34H37Cl2N3O4. The second kappa shape index (κ2) is 13.8. The van der Waals surface area contributed by atoms with Gasteiger partial charge < -0.3 is 24.6 Å². The zero-order chi connectivity index (χ0) is 30.5. The highest BCUT2D eigenvalue weighted by Crippen LogP contribution is 2.35. The first kappa shape index (κ1) is 30.9. The second-order valence-electron chi connectivity index (χ2n) is 11.1. The van der Waals surface area contributed by atoms with Crippen LogP contribution in [-0.4, -0.2) is 67.0 Å². The summed E-state index contributed by atoms with van der Waals surface area (Å²) in [5.74, 6) is 1.30. The van der Waals surface area contributed by atoms with Crippen molar-refractivity contribution in [1.29, 1.82) is 0 Å². The first-order chi connectivity index (χ1) is 20.8. The summed E-state index contributed by atoms with van der Waals surface area (Å²) in [4.78, 5) is 29.4. The molecule has 226 valence electrons. The zero-order valence-corrected chi connectivity index (χ0v) is 26.3. The first-order valence-electron chi connectivity index (χ1n) is 14.6. The van der Waals surface area contributed by atoms with Crippen molar-refractivity contribution in [1.82, 2.24) is 15.1 Å². The van der Waals surface area contributed by atoms with Gasteiger partial charge in [-0.2, -0.15) is 0 Å². The lowest BCUT2D eigenvalue weighted by atomic mass is 9.83. The molecule has 1 fully saturated rings. The van der Waals surface area contributed by atoms with Crippen LogP contribution in [0.25, 0.3) is 5.57 Å². The van der Waals surface area contributed by atoms with Gasteiger partial charge in [0, 0.05) is 42.8 Å². The van der Waals surface area contributed by atoms with E-state index in [1.807, 2.05) is 86.3 Å². The van der Waals surface area contributed by atoms with Crippen LogP contribution in [-0.2, 0) is 16.1 Å². The lowest BCUT2D eigenvalue weighted by Crippen LogP contribution is -2.60. The van der Waals surface area contributed by atoms with Gasteiger partial charge in [0.05, 0.1) is 11.1 Å². The van der Waals surface area contributed by atoms with Crippen molar-refractivity contribution >= 4 is 41.1 Å². The maximum absolute atomic E-state index is 14.2. The molecule has 1 N–H and O–H groups in total. The molecule has 3 aromatic carbocycles. The molecule has 2 heterocycles. The summed E-state index contributed by atoms with van der Waals surface area (Å²) in [5, 5.41) is 4.81. The highest BCUT2D eigenvalue weighted by Gasteiger charge is 2.39. The number of nitrogens with zero attached hydrogens (tertiary/aromatic N) is 2. The Labute approximate surface area is 263 Å². The Kier molecular flexibility index (Phi) is 9.96. The van der Waals surface area contributed by atoms with Gasteiger partial charge in [-0.15, -0.1) is 0 Å². The van der Waals surface area contributed by atoms with Crippen molar-refractivity contribution in [3.05, 3.63) is 98.5 Å². The van der Waals surface area contributed by atoms with Crippen LogP contribution in [0.2, 0.25) is 10.0 Å². The van der Waals surface area contributed by atoms with E-state index in [1.165, 1.54) is 0 Å². The van der Waals surface area contributed by atoms with Crippen LogP contribution in [0.15, 0.2) is 66.2 Å². The number of rotatable bonds is 11. The Hall–Kier alpha value is -3.52. The van der Waals surface area contributed by atoms with Gasteiger partial charge in [-0.1, -0.05) is 53.5 Å². The summed E-state index contributed by atoms with van der Waals surface area (Å²) < 4.78 is 11.8. The van der Waals surface area contributed by atoms with Crippen LogP contribution in [0.4, 0.5) is 0 Å². The van der Waals surface area contributed by atoms with Crippen LogP contribution < -0.4 is 14.8 Å². The van der Waals surface area contributed by atoms with Crippen LogP contribution >= 0.6 is 23.2 Å². The lowest BCUT2D eigenvalue weighted by Gasteiger charge is -2.43. The average molecular weight is 623 g/mol. The van der Waals surface area contributed by atoms with Gasteiger partial charge in [-0.3, -0.25) is 9.59 Å². The standard InChI is InChI=1S/C34H37Cl2N3O4/c1-4-39(18-25-7-5-6-8-29(25)35)34(41)33-28(17-26-19-38(21-40)20-31(33)37-26)24-9-11-27(12-10-24)42-13-14-43-32-16-23(3)22(2)15-30(32)36/h5-12,15-16,21,26,31,37H,4,13-14,17-20H2,1-3H3/t26-,31-/m1/s1. The number of benzene rings is 3. The van der Waals surface area contributed by atoms with E-state index in [1.54, 1.807) is 4.90 Å². The highest BCUT2D eigenvalue weighted by atomic mass is 35.5. The van der Waals surface area contributed by atoms with Crippen LogP contribution in [0.5, 0.6) is 11.5 Å². The van der Waals surface area contributed by atoms with E-state index >= 15 is 0 Å². The minimum atomic E-state index is -0.259. The number of hydrogen-bond donors (Lipinski definition) is 1. The Morgan fingerprint density at radius 3 is 2.44 bits per heavy atom. The van der Waals surface area contributed by atoms with E-state index in [-0.39, 0.29) is 18.0 Å². The Morgan fingerprint density at radius 2 is 1.72 bits per heavy atom. The SMILES string of the molecule is CCN(Cc1ccccc1Cl)C(=O)C1=C(c2ccc(OCCOc3cc(C)c(C)cc3Cl)cc2)C[C@@H]2CN(C=O)C[C@H]1N2. The summed E-state index contributed by atoms with van der Waals surface area (Å²) in [6.07, 6.45) is 1.51. The number of aryl methyl sites for hydroxylation is 2. The highest BCUT2D eigenvalue weighted by molar-refractivity contribution is 6.32. The first-order valence-corrected chi connectivity index (χ1v) is 15.4. The van der Waals surface area contributed by atoms with Crippen LogP contribution in [0.1, 0.15) is 35.6 Å². The number of carbonyl (C=O) groups excluding carboxylic acids is 2. The van der Waals surface area contributed by atoms with E-state index in [9.17, 15) is 9.59 Å². The summed E-state index contributed by atoms with van der Waals surface area (Å²) in [7, 11) is 0. The van der Waals surface area contributed by atoms with Crippen LogP contribution in [0.3, 0.4) is 0 Å². The minimum absolute atomic E-state index is 0.0522. The molecule has 1 saturated heterocycles. The molecule has 2 bridgehead atoms. The number of fused-ring (bicyclic) bond motifs is 2. The van der Waals surface area contributed by atoms with Gasteiger partial charge in [0.25, 0.3) is 5.91 Å². The maximum Gasteiger partial charge on any atom is 0.252 e. The number of hydrogen-bond acceptors (Lipinski definition) is 5. The van der Waals surface area contributed by atoms with Gasteiger partial charge in [-0.05, 0) is 85.4 Å². The molecule has 2 aliphatic rings. The third kappa shape index (κ3) is 7.18. The van der Waals surface area contributed by atoms with E-state index in [0.29, 0.717) is 72.9 Å². The van der Waals surface area contributed by atoms with E-state index in [2.05, 4.69) is 5.32 Å². The number of ether oxygens (including phenoxy) is 2. The van der Waals surface area contributed by atoms with Crippen molar-refractivity contribution in [2.45, 2.75) is 45.8 Å². The molecule has 2 amide bonds. The maximum atomic E-state index is 14.2. The van der Waals surface area contributed by atoms with E-state index in [4.69, 9.17) is 32.7 Å². The van der Waals surface area contributed by atoms with Crippen molar-refractivity contribution in [3.63, 3.8) is 0 Å². The molecule has 2 atom stereocenters. The Balaban J connectivity index is 1.34. The van der Waals surface area contributed by atoms with E-state index in [0.717, 1.165) is 34.2 Å². The summed E-state index contributed by atoms with van der Waals surface area (Å²) in [6.45, 7) is 8.70. The third-order valence-electron chi connectivity index (χ3n) is 8.16. The molecule has 43 heavy (non-hydrogen) atoms. The van der Waals surface area contributed by atoms with Gasteiger partial charge in [-0.25, -0.2) is 0 Å². The van der Waals surface area contributed by atoms with E-state index < -0.39 is 0 Å². The predicted octanol–water partition coefficient (Wildman–Crippen LogP) is 6.07. The number of piperazine rings is 1. The minimum Gasteiger partial charge on any atom is -0.490 e. The molecule has 2 aliphatic heterocycles. The molecular weight excluding hydrogens is 585 g/mol. The van der Waals surface area contributed by atoms with Gasteiger partial charge in [0.1, 0.15) is 24.7 Å². The molecule has 0 aliphatic carbocycles. The predicted molar refractivity (Wildman–Crippen MR) is 171 cm³/mol. The fourth-order valence-electron chi connectivity index (χ4n) is 5.74. The van der Waals surface area contributed by atoms with Crippen molar-refractivity contribution in [2.24, 2.45) is 0 Å². The molecule has 0 radical (unpaired) electrons. The smallest absolute Gasteiger partial charge is 0.252 e. The fraction of sp³-hybridized carbons (Fsp3) is 0.353. The average Bonchev–Trinajstić information content (AvgIpc) is 3.00. The second-order valence-corrected chi connectivity index (χ2v) is 11.9. The van der Waals surface area contributed by atoms with Gasteiger partial charge >= 0.3 is 0 Å². The lowest BCUT2D eigenvalue weighted by molar-refractivity contribution is -0.129. The Bertz CT molecular complexity index is 1510. The molecule has 0 saturated carbocycles. The molecule has 3 aromatic rings. The number of nitrogens with one attached hydrogen (secondary N) is 1. The third-order valence-corrected chi connectivity index (χ3v) is 8.83. The molecule has 0 aromatic heterocycles. The number of amides is 2. The molecule has 5 rings (SSSR count). The van der Waals surface area contributed by atoms with Crippen molar-refractivity contribution in [3.8, 4) is 11.5 Å². The molecule has 9 heteroatoms. The Morgan fingerprint density at radius 1 is 1.00 bits per heavy atom. The van der Waals surface area contributed by atoms with Crippen molar-refractivity contribution < 1.29 is 19.1 Å². The number of likely N-dealkylation sites (N-methyl/N-ethyl adjacent to an activating group) is 1. The number of carbonyl (C=O) groups is 2. The number of halogens is 2. The molecule has 7 nitrogen and oxygen atoms in total. The fourth-order valence-corrected chi connectivity index (χ4v) is 6.21.